The molecule has 2 atom stereocenters. The maximum absolute atomic E-state index is 10.9. The van der Waals surface area contributed by atoms with Gasteiger partial charge < -0.3 is 9.84 Å². The van der Waals surface area contributed by atoms with Crippen molar-refractivity contribution in [2.75, 3.05) is 0 Å². The quantitative estimate of drug-likeness (QED) is 0.840. The monoisotopic (exact) mass is 254 g/mol. The van der Waals surface area contributed by atoms with Crippen LogP contribution in [0.3, 0.4) is 0 Å². The van der Waals surface area contributed by atoms with Crippen LogP contribution in [-0.2, 0) is 4.79 Å². The molecule has 3 nitrogen and oxygen atoms in total. The third kappa shape index (κ3) is 2.72. The highest BCUT2D eigenvalue weighted by Crippen LogP contribution is 2.45. The summed E-state index contributed by atoms with van der Waals surface area (Å²) in [5, 5.41) is 9.20. The van der Waals surface area contributed by atoms with Gasteiger partial charge in [0.05, 0.1) is 0 Å². The van der Waals surface area contributed by atoms with Gasteiger partial charge in [0.2, 0.25) is 0 Å². The first-order valence-electron chi connectivity index (χ1n) is 5.56. The van der Waals surface area contributed by atoms with Crippen molar-refractivity contribution in [3.63, 3.8) is 0 Å². The molecule has 0 aromatic heterocycles. The van der Waals surface area contributed by atoms with Crippen molar-refractivity contribution in [1.29, 1.82) is 0 Å². The van der Waals surface area contributed by atoms with Gasteiger partial charge in [-0.2, -0.15) is 0 Å². The molecule has 1 aromatic rings. The van der Waals surface area contributed by atoms with Crippen LogP contribution >= 0.6 is 11.6 Å². The summed E-state index contributed by atoms with van der Waals surface area (Å²) in [5.74, 6) is 0.0238. The summed E-state index contributed by atoms with van der Waals surface area (Å²) < 4.78 is 5.41. The van der Waals surface area contributed by atoms with E-state index in [2.05, 4.69) is 0 Å². The van der Waals surface area contributed by atoms with E-state index in [4.69, 9.17) is 21.4 Å². The van der Waals surface area contributed by atoms with E-state index in [1.54, 1.807) is 12.1 Å². The highest BCUT2D eigenvalue weighted by molar-refractivity contribution is 6.23. The molecule has 1 unspecified atom stereocenters. The highest BCUT2D eigenvalue weighted by atomic mass is 35.5. The largest absolute Gasteiger partial charge is 0.478 e. The SMILES string of the molecule is CC(C)(Oc1ccc(C2C[C@H]2Cl)cc1)C(=O)O. The second kappa shape index (κ2) is 4.22. The average molecular weight is 255 g/mol. The number of halogens is 1. The van der Waals surface area contributed by atoms with E-state index in [9.17, 15) is 4.79 Å². The van der Waals surface area contributed by atoms with E-state index in [1.165, 1.54) is 19.4 Å². The predicted molar refractivity (Wildman–Crippen MR) is 65.8 cm³/mol. The second-order valence-electron chi connectivity index (χ2n) is 4.84. The lowest BCUT2D eigenvalue weighted by atomic mass is 10.1. The number of rotatable bonds is 4. The summed E-state index contributed by atoms with van der Waals surface area (Å²) in [7, 11) is 0. The first-order valence-corrected chi connectivity index (χ1v) is 6.00. The van der Waals surface area contributed by atoms with Gasteiger partial charge in [0.1, 0.15) is 5.75 Å². The third-order valence-corrected chi connectivity index (χ3v) is 3.39. The maximum atomic E-state index is 10.9. The van der Waals surface area contributed by atoms with E-state index in [0.717, 1.165) is 6.42 Å². The number of aliphatic carboxylic acids is 1. The number of carboxylic acid groups (broad SMARTS) is 1. The van der Waals surface area contributed by atoms with Crippen molar-refractivity contribution in [2.45, 2.75) is 37.2 Å². The zero-order valence-electron chi connectivity index (χ0n) is 9.81. The molecule has 17 heavy (non-hydrogen) atoms. The van der Waals surface area contributed by atoms with Crippen LogP contribution in [0.1, 0.15) is 31.7 Å². The Kier molecular flexibility index (Phi) is 3.04. The number of carboxylic acids is 1. The normalized spacial score (nSPS) is 23.2. The minimum absolute atomic E-state index is 0.247. The van der Waals surface area contributed by atoms with Crippen molar-refractivity contribution in [2.24, 2.45) is 0 Å². The molecule has 1 saturated carbocycles. The van der Waals surface area contributed by atoms with Gasteiger partial charge in [-0.1, -0.05) is 12.1 Å². The molecule has 1 fully saturated rings. The summed E-state index contributed by atoms with van der Waals surface area (Å²) in [6.07, 6.45) is 1.02. The molecule has 0 heterocycles. The molecule has 0 amide bonds. The maximum Gasteiger partial charge on any atom is 0.347 e. The van der Waals surface area contributed by atoms with Crippen molar-refractivity contribution in [3.8, 4) is 5.75 Å². The van der Waals surface area contributed by atoms with Crippen molar-refractivity contribution in [1.82, 2.24) is 0 Å². The molecule has 0 spiro atoms. The number of benzene rings is 1. The first-order chi connectivity index (χ1) is 7.90. The zero-order chi connectivity index (χ0) is 12.6. The van der Waals surface area contributed by atoms with Crippen LogP contribution in [0, 0.1) is 0 Å². The van der Waals surface area contributed by atoms with Gasteiger partial charge in [0, 0.05) is 11.3 Å². The van der Waals surface area contributed by atoms with Crippen LogP contribution in [0.2, 0.25) is 0 Å². The number of hydrogen-bond acceptors (Lipinski definition) is 2. The van der Waals surface area contributed by atoms with E-state index in [0.29, 0.717) is 11.7 Å². The Morgan fingerprint density at radius 3 is 2.35 bits per heavy atom. The minimum Gasteiger partial charge on any atom is -0.478 e. The summed E-state index contributed by atoms with van der Waals surface area (Å²) >= 11 is 5.97. The number of alkyl halides is 1. The number of carbonyl (C=O) groups is 1. The van der Waals surface area contributed by atoms with Gasteiger partial charge in [-0.3, -0.25) is 0 Å². The fourth-order valence-electron chi connectivity index (χ4n) is 1.63. The van der Waals surface area contributed by atoms with Crippen LogP contribution < -0.4 is 4.74 Å². The van der Waals surface area contributed by atoms with E-state index in [1.807, 2.05) is 12.1 Å². The van der Waals surface area contributed by atoms with Gasteiger partial charge >= 0.3 is 5.97 Å². The molecule has 0 saturated heterocycles. The molecule has 2 rings (SSSR count). The molecule has 1 N–H and O–H groups in total. The Morgan fingerprint density at radius 2 is 1.94 bits per heavy atom. The number of ether oxygens (including phenoxy) is 1. The molecule has 4 heteroatoms. The second-order valence-corrected chi connectivity index (χ2v) is 5.41. The van der Waals surface area contributed by atoms with Crippen molar-refractivity contribution >= 4 is 17.6 Å². The van der Waals surface area contributed by atoms with Crippen LogP contribution in [0.4, 0.5) is 0 Å². The molecular weight excluding hydrogens is 240 g/mol. The Hall–Kier alpha value is -1.22. The molecule has 92 valence electrons. The smallest absolute Gasteiger partial charge is 0.347 e. The summed E-state index contributed by atoms with van der Waals surface area (Å²) in [4.78, 5) is 10.9. The van der Waals surface area contributed by atoms with E-state index in [-0.39, 0.29) is 5.38 Å². The molecule has 1 aliphatic carbocycles. The third-order valence-electron chi connectivity index (χ3n) is 2.91. The van der Waals surface area contributed by atoms with Crippen LogP contribution in [0.15, 0.2) is 24.3 Å². The first kappa shape index (κ1) is 12.2. The van der Waals surface area contributed by atoms with Crippen molar-refractivity contribution in [3.05, 3.63) is 29.8 Å². The Bertz CT molecular complexity index is 425. The molecule has 0 radical (unpaired) electrons. The average Bonchev–Trinajstić information content (AvgIpc) is 2.96. The molecule has 1 aliphatic rings. The standard InChI is InChI=1S/C13H15ClO3/c1-13(2,12(15)16)17-9-5-3-8(4-6-9)10-7-11(10)14/h3-6,10-11H,7H2,1-2H3,(H,15,16)/t10?,11-/m1/s1. The molecule has 0 aliphatic heterocycles. The van der Waals surface area contributed by atoms with Crippen LogP contribution in [0.25, 0.3) is 0 Å². The summed E-state index contributed by atoms with van der Waals surface area (Å²) in [5.41, 5.74) is -0.0266. The fraction of sp³-hybridized carbons (Fsp3) is 0.462. The zero-order valence-corrected chi connectivity index (χ0v) is 10.6. The van der Waals surface area contributed by atoms with Crippen molar-refractivity contribution < 1.29 is 14.6 Å². The lowest BCUT2D eigenvalue weighted by molar-refractivity contribution is -0.152. The summed E-state index contributed by atoms with van der Waals surface area (Å²) in [6.45, 7) is 3.05. The van der Waals surface area contributed by atoms with Crippen LogP contribution in [0.5, 0.6) is 5.75 Å². The van der Waals surface area contributed by atoms with Crippen LogP contribution in [-0.4, -0.2) is 22.1 Å². The van der Waals surface area contributed by atoms with Gasteiger partial charge in [0.25, 0.3) is 0 Å². The Morgan fingerprint density at radius 1 is 1.41 bits per heavy atom. The summed E-state index contributed by atoms with van der Waals surface area (Å²) in [6, 6.07) is 7.48. The van der Waals surface area contributed by atoms with Gasteiger partial charge in [-0.05, 0) is 38.0 Å². The Balaban J connectivity index is 2.06. The minimum atomic E-state index is -1.21. The van der Waals surface area contributed by atoms with Gasteiger partial charge in [-0.25, -0.2) is 4.79 Å². The predicted octanol–water partition coefficient (Wildman–Crippen LogP) is 3.02. The lowest BCUT2D eigenvalue weighted by Crippen LogP contribution is -2.37. The van der Waals surface area contributed by atoms with Gasteiger partial charge in [-0.15, -0.1) is 11.6 Å². The molecule has 1 aromatic carbocycles. The molecule has 0 bridgehead atoms. The lowest BCUT2D eigenvalue weighted by Gasteiger charge is -2.21. The van der Waals surface area contributed by atoms with E-state index >= 15 is 0 Å². The molecular formula is C13H15ClO3. The highest BCUT2D eigenvalue weighted by Gasteiger charge is 2.36. The van der Waals surface area contributed by atoms with E-state index < -0.39 is 11.6 Å². The number of hydrogen-bond donors (Lipinski definition) is 1. The van der Waals surface area contributed by atoms with Gasteiger partial charge in [0.15, 0.2) is 5.60 Å². The fourth-order valence-corrected chi connectivity index (χ4v) is 1.97. The Labute approximate surface area is 105 Å². The topological polar surface area (TPSA) is 46.5 Å².